The molecule has 0 bridgehead atoms. The molecule has 5 rings (SSSR count). The van der Waals surface area contributed by atoms with Gasteiger partial charge in [-0.25, -0.2) is 0 Å². The normalized spacial score (nSPS) is 18.7. The Hall–Kier alpha value is -3.26. The van der Waals surface area contributed by atoms with Gasteiger partial charge in [-0.05, 0) is 41.0 Å². The third kappa shape index (κ3) is 3.67. The average molecular weight is 419 g/mol. The van der Waals surface area contributed by atoms with Gasteiger partial charge in [-0.15, -0.1) is 0 Å². The van der Waals surface area contributed by atoms with Crippen LogP contribution >= 0.6 is 0 Å². The van der Waals surface area contributed by atoms with Crippen molar-refractivity contribution in [3.8, 4) is 5.69 Å². The third-order valence-corrected chi connectivity index (χ3v) is 6.39. The van der Waals surface area contributed by atoms with E-state index in [0.717, 1.165) is 24.1 Å². The highest BCUT2D eigenvalue weighted by Crippen LogP contribution is 2.37. The number of carbonyl (C=O) groups excluding carboxylic acids is 1. The molecule has 3 heterocycles. The molecule has 2 aromatic carbocycles. The van der Waals surface area contributed by atoms with Gasteiger partial charge in [-0.3, -0.25) is 4.79 Å². The van der Waals surface area contributed by atoms with Crippen LogP contribution in [0, 0.1) is 0 Å². The summed E-state index contributed by atoms with van der Waals surface area (Å²) < 4.78 is 7.35. The molecule has 1 amide bonds. The lowest BCUT2D eigenvalue weighted by Gasteiger charge is -2.43. The number of ether oxygens (including phenoxy) is 1. The van der Waals surface area contributed by atoms with E-state index >= 15 is 0 Å². The quantitative estimate of drug-likeness (QED) is 0.646. The number of rotatable bonds is 4. The molecule has 2 fully saturated rings. The van der Waals surface area contributed by atoms with E-state index in [1.807, 2.05) is 53.4 Å². The van der Waals surface area contributed by atoms with Crippen LogP contribution < -0.4 is 4.90 Å². The zero-order valence-electron chi connectivity index (χ0n) is 17.4. The van der Waals surface area contributed by atoms with Gasteiger partial charge in [0, 0.05) is 39.4 Å². The summed E-state index contributed by atoms with van der Waals surface area (Å²) in [7, 11) is 0. The number of amides is 1. The number of aromatic nitrogens is 4. The van der Waals surface area contributed by atoms with E-state index in [-0.39, 0.29) is 5.91 Å². The van der Waals surface area contributed by atoms with Crippen LogP contribution in [0.2, 0.25) is 0 Å². The molecule has 31 heavy (non-hydrogen) atoms. The molecule has 2 aliphatic heterocycles. The zero-order chi connectivity index (χ0) is 21.1. The van der Waals surface area contributed by atoms with Gasteiger partial charge in [0.15, 0.2) is 0 Å². The van der Waals surface area contributed by atoms with Crippen LogP contribution in [0.1, 0.15) is 18.4 Å². The largest absolute Gasteiger partial charge is 0.381 e. The third-order valence-electron chi connectivity index (χ3n) is 6.39. The Labute approximate surface area is 181 Å². The van der Waals surface area contributed by atoms with E-state index < -0.39 is 5.41 Å². The number of para-hydroxylation sites is 1. The second-order valence-electron chi connectivity index (χ2n) is 8.07. The highest BCUT2D eigenvalue weighted by Gasteiger charge is 2.44. The summed E-state index contributed by atoms with van der Waals surface area (Å²) in [4.78, 5) is 17.9. The molecule has 0 aliphatic carbocycles. The molecular formula is C23H26N6O2. The maximum absolute atomic E-state index is 13.8. The SMILES string of the molecule is O=C(N1CCN(c2nnnn2-c2ccccc2)CC1)C1(c2ccccc2)CCOCC1. The van der Waals surface area contributed by atoms with Crippen LogP contribution in [-0.2, 0) is 14.9 Å². The Morgan fingerprint density at radius 1 is 0.871 bits per heavy atom. The summed E-state index contributed by atoms with van der Waals surface area (Å²) in [6.45, 7) is 3.92. The first kappa shape index (κ1) is 19.7. The number of carbonyl (C=O) groups is 1. The van der Waals surface area contributed by atoms with Crippen molar-refractivity contribution < 1.29 is 9.53 Å². The Morgan fingerprint density at radius 3 is 2.19 bits per heavy atom. The van der Waals surface area contributed by atoms with Crippen molar-refractivity contribution in [2.45, 2.75) is 18.3 Å². The average Bonchev–Trinajstić information content (AvgIpc) is 3.35. The standard InChI is InChI=1S/C23H26N6O2/c30-21(23(11-17-31-18-12-23)19-7-3-1-4-8-19)27-13-15-28(16-14-27)22-24-25-26-29(22)20-9-5-2-6-10-20/h1-10H,11-18H2. The molecule has 8 nitrogen and oxygen atoms in total. The van der Waals surface area contributed by atoms with Gasteiger partial charge in [0.1, 0.15) is 0 Å². The molecule has 8 heteroatoms. The van der Waals surface area contributed by atoms with Gasteiger partial charge in [-0.1, -0.05) is 53.6 Å². The van der Waals surface area contributed by atoms with Crippen LogP contribution in [0.3, 0.4) is 0 Å². The van der Waals surface area contributed by atoms with Gasteiger partial charge >= 0.3 is 0 Å². The van der Waals surface area contributed by atoms with Gasteiger partial charge in [0.2, 0.25) is 11.9 Å². The molecule has 2 saturated heterocycles. The van der Waals surface area contributed by atoms with Crippen molar-refractivity contribution in [2.24, 2.45) is 0 Å². The summed E-state index contributed by atoms with van der Waals surface area (Å²) in [5.74, 6) is 0.923. The molecule has 0 N–H and O–H groups in total. The molecule has 3 aromatic rings. The number of piperazine rings is 1. The minimum atomic E-state index is -0.493. The number of benzene rings is 2. The summed E-state index contributed by atoms with van der Waals surface area (Å²) in [5.41, 5.74) is 1.53. The lowest BCUT2D eigenvalue weighted by Crippen LogP contribution is -2.56. The minimum Gasteiger partial charge on any atom is -0.381 e. The number of nitrogens with zero attached hydrogens (tertiary/aromatic N) is 6. The molecule has 2 aliphatic rings. The predicted octanol–water partition coefficient (Wildman–Crippen LogP) is 2.06. The first-order valence-corrected chi connectivity index (χ1v) is 10.8. The van der Waals surface area contributed by atoms with E-state index in [0.29, 0.717) is 45.3 Å². The van der Waals surface area contributed by atoms with Crippen molar-refractivity contribution in [1.29, 1.82) is 0 Å². The molecule has 0 saturated carbocycles. The predicted molar refractivity (Wildman–Crippen MR) is 116 cm³/mol. The van der Waals surface area contributed by atoms with Gasteiger partial charge < -0.3 is 14.5 Å². The van der Waals surface area contributed by atoms with Crippen molar-refractivity contribution >= 4 is 11.9 Å². The fraction of sp³-hybridized carbons (Fsp3) is 0.391. The Morgan fingerprint density at radius 2 is 1.52 bits per heavy atom. The van der Waals surface area contributed by atoms with Crippen molar-refractivity contribution in [2.75, 3.05) is 44.3 Å². The topological polar surface area (TPSA) is 76.4 Å². The first-order chi connectivity index (χ1) is 15.3. The van der Waals surface area contributed by atoms with Crippen LogP contribution in [-0.4, -0.2) is 70.4 Å². The van der Waals surface area contributed by atoms with Crippen molar-refractivity contribution in [3.63, 3.8) is 0 Å². The smallest absolute Gasteiger partial charge is 0.250 e. The van der Waals surface area contributed by atoms with Crippen LogP contribution in [0.5, 0.6) is 0 Å². The van der Waals surface area contributed by atoms with E-state index in [2.05, 4.69) is 32.6 Å². The molecular weight excluding hydrogens is 392 g/mol. The summed E-state index contributed by atoms with van der Waals surface area (Å²) in [6, 6.07) is 20.0. The van der Waals surface area contributed by atoms with Crippen molar-refractivity contribution in [3.05, 3.63) is 66.2 Å². The summed E-state index contributed by atoms with van der Waals surface area (Å²) >= 11 is 0. The van der Waals surface area contributed by atoms with E-state index in [4.69, 9.17) is 4.74 Å². The highest BCUT2D eigenvalue weighted by atomic mass is 16.5. The summed E-state index contributed by atoms with van der Waals surface area (Å²) in [5, 5.41) is 12.3. The molecule has 160 valence electrons. The van der Waals surface area contributed by atoms with E-state index in [9.17, 15) is 4.79 Å². The molecule has 0 unspecified atom stereocenters. The number of anilines is 1. The second-order valence-corrected chi connectivity index (χ2v) is 8.07. The van der Waals surface area contributed by atoms with Crippen LogP contribution in [0.4, 0.5) is 5.95 Å². The highest BCUT2D eigenvalue weighted by molar-refractivity contribution is 5.88. The number of hydrogen-bond donors (Lipinski definition) is 0. The zero-order valence-corrected chi connectivity index (χ0v) is 17.4. The molecule has 1 aromatic heterocycles. The minimum absolute atomic E-state index is 0.212. The first-order valence-electron chi connectivity index (χ1n) is 10.8. The fourth-order valence-corrected chi connectivity index (χ4v) is 4.63. The lowest BCUT2D eigenvalue weighted by atomic mass is 9.73. The van der Waals surface area contributed by atoms with Crippen molar-refractivity contribution in [1.82, 2.24) is 25.1 Å². The van der Waals surface area contributed by atoms with Gasteiger partial charge in [0.05, 0.1) is 11.1 Å². The van der Waals surface area contributed by atoms with E-state index in [1.54, 1.807) is 4.68 Å². The van der Waals surface area contributed by atoms with Crippen LogP contribution in [0.25, 0.3) is 5.69 Å². The molecule has 0 atom stereocenters. The lowest BCUT2D eigenvalue weighted by molar-refractivity contribution is -0.141. The maximum Gasteiger partial charge on any atom is 0.250 e. The Balaban J connectivity index is 1.33. The Bertz CT molecular complexity index is 1010. The van der Waals surface area contributed by atoms with Crippen LogP contribution in [0.15, 0.2) is 60.7 Å². The number of hydrogen-bond acceptors (Lipinski definition) is 6. The fourth-order valence-electron chi connectivity index (χ4n) is 4.63. The second kappa shape index (κ2) is 8.47. The monoisotopic (exact) mass is 418 g/mol. The Kier molecular flexibility index (Phi) is 5.38. The maximum atomic E-state index is 13.8. The van der Waals surface area contributed by atoms with E-state index in [1.165, 1.54) is 0 Å². The molecule has 0 radical (unpaired) electrons. The molecule has 0 spiro atoms. The number of tetrazole rings is 1. The summed E-state index contributed by atoms with van der Waals surface area (Å²) in [6.07, 6.45) is 1.45. The van der Waals surface area contributed by atoms with Gasteiger partial charge in [-0.2, -0.15) is 4.68 Å². The van der Waals surface area contributed by atoms with Gasteiger partial charge in [0.25, 0.3) is 0 Å².